The molecule has 8 heteroatoms. The Morgan fingerprint density at radius 3 is 2.52 bits per heavy atom. The third kappa shape index (κ3) is 3.52. The first-order valence-corrected chi connectivity index (χ1v) is 11.8. The molecule has 1 aliphatic rings. The molecule has 1 amide bonds. The SMILES string of the molecule is Cc1nc2cc(C(=O)N3CCN(c4nc5cccnc5s4)CC3)ccc2n1-c1ccccc1. The van der Waals surface area contributed by atoms with Crippen LogP contribution in [0.5, 0.6) is 0 Å². The van der Waals surface area contributed by atoms with Crippen molar-refractivity contribution in [3.05, 3.63) is 78.2 Å². The van der Waals surface area contributed by atoms with E-state index in [1.165, 1.54) is 0 Å². The molecule has 0 atom stereocenters. The molecule has 33 heavy (non-hydrogen) atoms. The molecule has 2 aromatic carbocycles. The number of carbonyl (C=O) groups excluding carboxylic acids is 1. The van der Waals surface area contributed by atoms with Crippen molar-refractivity contribution < 1.29 is 4.79 Å². The molecular weight excluding hydrogens is 432 g/mol. The number of benzene rings is 2. The quantitative estimate of drug-likeness (QED) is 0.407. The second-order valence-corrected chi connectivity index (χ2v) is 9.09. The van der Waals surface area contributed by atoms with Crippen LogP contribution in [0.25, 0.3) is 27.1 Å². The molecule has 7 nitrogen and oxygen atoms in total. The molecule has 1 aliphatic heterocycles. The number of piperazine rings is 1. The average molecular weight is 455 g/mol. The summed E-state index contributed by atoms with van der Waals surface area (Å²) in [6.07, 6.45) is 1.79. The highest BCUT2D eigenvalue weighted by molar-refractivity contribution is 7.21. The van der Waals surface area contributed by atoms with Crippen LogP contribution in [-0.2, 0) is 0 Å². The van der Waals surface area contributed by atoms with Crippen LogP contribution in [-0.4, -0.2) is 56.5 Å². The fraction of sp³-hybridized carbons (Fsp3) is 0.200. The standard InChI is InChI=1S/C25H22N6OS/c1-17-27-21-16-18(9-10-22(21)31(17)19-6-3-2-4-7-19)24(32)29-12-14-30(15-13-29)25-28-20-8-5-11-26-23(20)33-25/h2-11,16H,12-15H2,1H3. The van der Waals surface area contributed by atoms with E-state index in [1.54, 1.807) is 17.5 Å². The fourth-order valence-corrected chi connectivity index (χ4v) is 5.37. The summed E-state index contributed by atoms with van der Waals surface area (Å²) in [6.45, 7) is 4.84. The van der Waals surface area contributed by atoms with Gasteiger partial charge in [-0.3, -0.25) is 9.36 Å². The third-order valence-electron chi connectivity index (χ3n) is 6.08. The summed E-state index contributed by atoms with van der Waals surface area (Å²) in [7, 11) is 0. The minimum atomic E-state index is 0.0504. The lowest BCUT2D eigenvalue weighted by molar-refractivity contribution is 0.0747. The van der Waals surface area contributed by atoms with Crippen molar-refractivity contribution in [2.45, 2.75) is 6.92 Å². The number of carbonyl (C=O) groups is 1. The van der Waals surface area contributed by atoms with Gasteiger partial charge < -0.3 is 9.80 Å². The maximum atomic E-state index is 13.2. The van der Waals surface area contributed by atoms with Gasteiger partial charge in [0.2, 0.25) is 0 Å². The highest BCUT2D eigenvalue weighted by Gasteiger charge is 2.24. The van der Waals surface area contributed by atoms with Crippen molar-refractivity contribution in [1.29, 1.82) is 0 Å². The second kappa shape index (κ2) is 7.97. The van der Waals surface area contributed by atoms with Crippen molar-refractivity contribution in [3.8, 4) is 5.69 Å². The first kappa shape index (κ1) is 19.9. The van der Waals surface area contributed by atoms with Crippen molar-refractivity contribution in [3.63, 3.8) is 0 Å². The molecule has 0 bridgehead atoms. The lowest BCUT2D eigenvalue weighted by atomic mass is 10.1. The Hall–Kier alpha value is -3.78. The van der Waals surface area contributed by atoms with Crippen LogP contribution < -0.4 is 4.90 Å². The van der Waals surface area contributed by atoms with Crippen molar-refractivity contribution >= 4 is 43.8 Å². The Balaban J connectivity index is 1.20. The minimum absolute atomic E-state index is 0.0504. The number of pyridine rings is 1. The number of hydrogen-bond acceptors (Lipinski definition) is 6. The number of aromatic nitrogens is 4. The van der Waals surface area contributed by atoms with Crippen LogP contribution in [0.15, 0.2) is 66.9 Å². The zero-order valence-corrected chi connectivity index (χ0v) is 19.0. The molecular formula is C25H22N6OS. The zero-order valence-electron chi connectivity index (χ0n) is 18.2. The van der Waals surface area contributed by atoms with E-state index >= 15 is 0 Å². The van der Waals surface area contributed by atoms with Gasteiger partial charge in [-0.15, -0.1) is 0 Å². The maximum absolute atomic E-state index is 13.2. The topological polar surface area (TPSA) is 67.2 Å². The molecule has 0 aliphatic carbocycles. The summed E-state index contributed by atoms with van der Waals surface area (Å²) in [5.74, 6) is 0.953. The first-order valence-electron chi connectivity index (χ1n) is 11.0. The van der Waals surface area contributed by atoms with Crippen molar-refractivity contribution in [1.82, 2.24) is 24.4 Å². The van der Waals surface area contributed by atoms with E-state index < -0.39 is 0 Å². The number of amides is 1. The summed E-state index contributed by atoms with van der Waals surface area (Å²) in [6, 6.07) is 19.9. The van der Waals surface area contributed by atoms with Crippen LogP contribution in [0.3, 0.4) is 0 Å². The smallest absolute Gasteiger partial charge is 0.254 e. The molecule has 6 rings (SSSR count). The van der Waals surface area contributed by atoms with Gasteiger partial charge in [0.25, 0.3) is 5.91 Å². The van der Waals surface area contributed by atoms with Crippen LogP contribution in [0.1, 0.15) is 16.2 Å². The molecule has 0 N–H and O–H groups in total. The summed E-state index contributed by atoms with van der Waals surface area (Å²) in [5, 5.41) is 0.971. The van der Waals surface area contributed by atoms with E-state index in [0.717, 1.165) is 51.1 Å². The molecule has 0 saturated carbocycles. The number of fused-ring (bicyclic) bond motifs is 2. The van der Waals surface area contributed by atoms with Gasteiger partial charge in [-0.2, -0.15) is 0 Å². The lowest BCUT2D eigenvalue weighted by Crippen LogP contribution is -2.48. The second-order valence-electron chi connectivity index (χ2n) is 8.14. The largest absolute Gasteiger partial charge is 0.344 e. The van der Waals surface area contributed by atoms with Crippen LogP contribution in [0, 0.1) is 6.92 Å². The monoisotopic (exact) mass is 454 g/mol. The number of imidazole rings is 1. The summed E-state index contributed by atoms with van der Waals surface area (Å²) in [5.41, 5.74) is 4.51. The lowest BCUT2D eigenvalue weighted by Gasteiger charge is -2.34. The van der Waals surface area contributed by atoms with Gasteiger partial charge in [0, 0.05) is 43.6 Å². The molecule has 4 heterocycles. The van der Waals surface area contributed by atoms with Gasteiger partial charge >= 0.3 is 0 Å². The third-order valence-corrected chi connectivity index (χ3v) is 7.12. The first-order chi connectivity index (χ1) is 16.2. The summed E-state index contributed by atoms with van der Waals surface area (Å²) < 4.78 is 2.12. The number of rotatable bonds is 3. The van der Waals surface area contributed by atoms with E-state index in [-0.39, 0.29) is 5.91 Å². The van der Waals surface area contributed by atoms with Gasteiger partial charge in [0.1, 0.15) is 16.2 Å². The zero-order chi connectivity index (χ0) is 22.4. The molecule has 1 saturated heterocycles. The van der Waals surface area contributed by atoms with Gasteiger partial charge in [0.15, 0.2) is 5.13 Å². The number of anilines is 1. The van der Waals surface area contributed by atoms with Gasteiger partial charge in [-0.1, -0.05) is 29.5 Å². The van der Waals surface area contributed by atoms with Gasteiger partial charge in [0.05, 0.1) is 11.0 Å². The van der Waals surface area contributed by atoms with E-state index in [0.29, 0.717) is 18.7 Å². The van der Waals surface area contributed by atoms with Gasteiger partial charge in [-0.25, -0.2) is 15.0 Å². The van der Waals surface area contributed by atoms with E-state index in [4.69, 9.17) is 9.97 Å². The van der Waals surface area contributed by atoms with E-state index in [1.807, 2.05) is 60.4 Å². The molecule has 3 aromatic heterocycles. The minimum Gasteiger partial charge on any atom is -0.344 e. The Morgan fingerprint density at radius 2 is 1.73 bits per heavy atom. The number of aryl methyl sites for hydroxylation is 1. The Labute approximate surface area is 194 Å². The summed E-state index contributed by atoms with van der Waals surface area (Å²) in [4.78, 5) is 32.2. The van der Waals surface area contributed by atoms with E-state index in [2.05, 4.69) is 26.6 Å². The molecule has 0 unspecified atom stereocenters. The van der Waals surface area contributed by atoms with Crippen LogP contribution in [0.2, 0.25) is 0 Å². The van der Waals surface area contributed by atoms with Crippen molar-refractivity contribution in [2.24, 2.45) is 0 Å². The highest BCUT2D eigenvalue weighted by Crippen LogP contribution is 2.28. The highest BCUT2D eigenvalue weighted by atomic mass is 32.1. The predicted octanol–water partition coefficient (Wildman–Crippen LogP) is 4.30. The Bertz CT molecular complexity index is 1430. The number of hydrogen-bond donors (Lipinski definition) is 0. The fourth-order valence-electron chi connectivity index (χ4n) is 4.41. The molecule has 0 spiro atoms. The molecule has 1 fully saturated rings. The van der Waals surface area contributed by atoms with E-state index in [9.17, 15) is 4.79 Å². The number of nitrogens with zero attached hydrogens (tertiary/aromatic N) is 6. The number of para-hydroxylation sites is 1. The normalized spacial score (nSPS) is 14.3. The Morgan fingerprint density at radius 1 is 0.909 bits per heavy atom. The van der Waals surface area contributed by atoms with Gasteiger partial charge in [-0.05, 0) is 49.4 Å². The predicted molar refractivity (Wildman–Crippen MR) is 131 cm³/mol. The Kier molecular flexibility index (Phi) is 4.80. The van der Waals surface area contributed by atoms with Crippen molar-refractivity contribution in [2.75, 3.05) is 31.1 Å². The number of thiazole rings is 1. The molecule has 5 aromatic rings. The average Bonchev–Trinajstić information content (AvgIpc) is 3.44. The molecule has 164 valence electrons. The molecule has 0 radical (unpaired) electrons. The maximum Gasteiger partial charge on any atom is 0.254 e. The van der Waals surface area contributed by atoms with Crippen LogP contribution in [0.4, 0.5) is 5.13 Å². The summed E-state index contributed by atoms with van der Waals surface area (Å²) >= 11 is 1.60. The van der Waals surface area contributed by atoms with Crippen LogP contribution >= 0.6 is 11.3 Å².